The Kier molecular flexibility index (Phi) is 5.49. The Labute approximate surface area is 89.1 Å². The molecule has 1 saturated heterocycles. The monoisotopic (exact) mass is 198 g/mol. The van der Waals surface area contributed by atoms with Crippen LogP contribution in [0.25, 0.3) is 0 Å². The molecule has 0 bridgehead atoms. The van der Waals surface area contributed by atoms with Crippen LogP contribution in [-0.4, -0.2) is 36.6 Å². The Bertz CT molecular complexity index is 141. The summed E-state index contributed by atoms with van der Waals surface area (Å²) >= 11 is 0. The van der Waals surface area contributed by atoms with Crippen molar-refractivity contribution in [1.29, 1.82) is 0 Å². The lowest BCUT2D eigenvalue weighted by Crippen LogP contribution is -2.53. The van der Waals surface area contributed by atoms with Crippen molar-refractivity contribution in [2.45, 2.75) is 58.5 Å². The first-order chi connectivity index (χ1) is 6.77. The van der Waals surface area contributed by atoms with Crippen molar-refractivity contribution < 1.29 is 0 Å². The molecule has 1 aliphatic heterocycles. The van der Waals surface area contributed by atoms with Gasteiger partial charge in [-0.25, -0.2) is 0 Å². The van der Waals surface area contributed by atoms with Gasteiger partial charge >= 0.3 is 0 Å². The lowest BCUT2D eigenvalue weighted by atomic mass is 10.1. The third kappa shape index (κ3) is 3.58. The Morgan fingerprint density at radius 2 is 2.14 bits per heavy atom. The zero-order valence-corrected chi connectivity index (χ0v) is 10.1. The average molecular weight is 198 g/mol. The van der Waals surface area contributed by atoms with E-state index in [1.807, 2.05) is 0 Å². The van der Waals surface area contributed by atoms with Crippen LogP contribution in [0.3, 0.4) is 0 Å². The third-order valence-corrected chi connectivity index (χ3v) is 3.25. The van der Waals surface area contributed by atoms with Crippen LogP contribution >= 0.6 is 0 Å². The van der Waals surface area contributed by atoms with E-state index in [2.05, 4.69) is 31.0 Å². The highest BCUT2D eigenvalue weighted by atomic mass is 15.2. The van der Waals surface area contributed by atoms with Crippen LogP contribution in [0.2, 0.25) is 0 Å². The summed E-state index contributed by atoms with van der Waals surface area (Å²) in [6.45, 7) is 10.6. The predicted octanol–water partition coefficient (Wildman–Crippen LogP) is 2.25. The van der Waals surface area contributed by atoms with Crippen LogP contribution in [-0.2, 0) is 0 Å². The highest BCUT2D eigenvalue weighted by molar-refractivity contribution is 4.81. The van der Waals surface area contributed by atoms with E-state index >= 15 is 0 Å². The average Bonchev–Trinajstić information content (AvgIpc) is 2.19. The zero-order valence-electron chi connectivity index (χ0n) is 10.1. The normalized spacial score (nSPS) is 26.4. The first-order valence-corrected chi connectivity index (χ1v) is 6.25. The van der Waals surface area contributed by atoms with Crippen molar-refractivity contribution in [3.8, 4) is 0 Å². The Morgan fingerprint density at radius 1 is 1.36 bits per heavy atom. The number of nitrogens with zero attached hydrogens (tertiary/aromatic N) is 1. The second kappa shape index (κ2) is 6.41. The lowest BCUT2D eigenvalue weighted by Gasteiger charge is -2.37. The van der Waals surface area contributed by atoms with E-state index in [1.54, 1.807) is 0 Å². The summed E-state index contributed by atoms with van der Waals surface area (Å²) < 4.78 is 0. The molecule has 1 heterocycles. The molecule has 0 aromatic carbocycles. The minimum Gasteiger partial charge on any atom is -0.311 e. The molecule has 1 fully saturated rings. The SMILES string of the molecule is CCCC1CN(C(C)CCC)CCN1. The fourth-order valence-electron chi connectivity index (χ4n) is 2.39. The first-order valence-electron chi connectivity index (χ1n) is 6.25. The molecule has 0 aromatic rings. The Hall–Kier alpha value is -0.0800. The number of rotatable bonds is 5. The maximum atomic E-state index is 3.61. The molecule has 2 heteroatoms. The Morgan fingerprint density at radius 3 is 2.79 bits per heavy atom. The summed E-state index contributed by atoms with van der Waals surface area (Å²) in [6, 6.07) is 1.52. The van der Waals surface area contributed by atoms with Crippen LogP contribution in [0.5, 0.6) is 0 Å². The third-order valence-electron chi connectivity index (χ3n) is 3.25. The van der Waals surface area contributed by atoms with E-state index in [9.17, 15) is 0 Å². The molecule has 0 radical (unpaired) electrons. The zero-order chi connectivity index (χ0) is 10.4. The van der Waals surface area contributed by atoms with E-state index in [0.717, 1.165) is 12.1 Å². The van der Waals surface area contributed by atoms with Gasteiger partial charge in [-0.05, 0) is 19.8 Å². The van der Waals surface area contributed by atoms with Crippen molar-refractivity contribution in [2.24, 2.45) is 0 Å². The van der Waals surface area contributed by atoms with Gasteiger partial charge in [0.25, 0.3) is 0 Å². The molecule has 0 saturated carbocycles. The summed E-state index contributed by atoms with van der Waals surface area (Å²) in [4.78, 5) is 2.65. The van der Waals surface area contributed by atoms with Crippen molar-refractivity contribution in [2.75, 3.05) is 19.6 Å². The van der Waals surface area contributed by atoms with Gasteiger partial charge in [-0.1, -0.05) is 26.7 Å². The van der Waals surface area contributed by atoms with Crippen LogP contribution in [0, 0.1) is 0 Å². The van der Waals surface area contributed by atoms with Crippen molar-refractivity contribution >= 4 is 0 Å². The summed E-state index contributed by atoms with van der Waals surface area (Å²) in [5, 5.41) is 3.61. The molecular weight excluding hydrogens is 172 g/mol. The largest absolute Gasteiger partial charge is 0.311 e. The second-order valence-electron chi connectivity index (χ2n) is 4.57. The minimum atomic E-state index is 0.744. The van der Waals surface area contributed by atoms with Gasteiger partial charge in [-0.2, -0.15) is 0 Å². The van der Waals surface area contributed by atoms with Gasteiger partial charge in [0.15, 0.2) is 0 Å². The van der Waals surface area contributed by atoms with Crippen molar-refractivity contribution in [1.82, 2.24) is 10.2 Å². The van der Waals surface area contributed by atoms with Crippen molar-refractivity contribution in [3.63, 3.8) is 0 Å². The fraction of sp³-hybridized carbons (Fsp3) is 1.00. The van der Waals surface area contributed by atoms with Crippen LogP contribution < -0.4 is 5.32 Å². The minimum absolute atomic E-state index is 0.744. The number of piperazine rings is 1. The smallest absolute Gasteiger partial charge is 0.0195 e. The molecule has 84 valence electrons. The summed E-state index contributed by atoms with van der Waals surface area (Å²) in [7, 11) is 0. The molecule has 1 N–H and O–H groups in total. The number of hydrogen-bond acceptors (Lipinski definition) is 2. The molecule has 2 nitrogen and oxygen atoms in total. The van der Waals surface area contributed by atoms with E-state index in [4.69, 9.17) is 0 Å². The maximum Gasteiger partial charge on any atom is 0.0195 e. The van der Waals surface area contributed by atoms with E-state index in [0.29, 0.717) is 0 Å². The highest BCUT2D eigenvalue weighted by Gasteiger charge is 2.21. The number of nitrogens with one attached hydrogen (secondary N) is 1. The standard InChI is InChI=1S/C12H26N2/c1-4-6-11(3)14-9-8-13-12(10-14)7-5-2/h11-13H,4-10H2,1-3H3. The van der Waals surface area contributed by atoms with Crippen molar-refractivity contribution in [3.05, 3.63) is 0 Å². The quantitative estimate of drug-likeness (QED) is 0.729. The molecule has 2 unspecified atom stereocenters. The molecule has 0 aliphatic carbocycles. The second-order valence-corrected chi connectivity index (χ2v) is 4.57. The van der Waals surface area contributed by atoms with Gasteiger partial charge in [0.1, 0.15) is 0 Å². The summed E-state index contributed by atoms with van der Waals surface area (Å²) in [5.41, 5.74) is 0. The van der Waals surface area contributed by atoms with Gasteiger partial charge in [0.05, 0.1) is 0 Å². The molecule has 0 spiro atoms. The van der Waals surface area contributed by atoms with E-state index in [-0.39, 0.29) is 0 Å². The van der Waals surface area contributed by atoms with E-state index in [1.165, 1.54) is 45.3 Å². The van der Waals surface area contributed by atoms with Gasteiger partial charge in [-0.3, -0.25) is 4.90 Å². The summed E-state index contributed by atoms with van der Waals surface area (Å²) in [6.07, 6.45) is 5.28. The molecule has 1 rings (SSSR count). The molecule has 2 atom stereocenters. The first kappa shape index (κ1) is 12.0. The van der Waals surface area contributed by atoms with Gasteiger partial charge in [-0.15, -0.1) is 0 Å². The fourth-order valence-corrected chi connectivity index (χ4v) is 2.39. The molecule has 14 heavy (non-hydrogen) atoms. The molecule has 0 amide bonds. The molecule has 0 aromatic heterocycles. The predicted molar refractivity (Wildman–Crippen MR) is 62.6 cm³/mol. The topological polar surface area (TPSA) is 15.3 Å². The van der Waals surface area contributed by atoms with Crippen LogP contribution in [0.15, 0.2) is 0 Å². The molecule has 1 aliphatic rings. The maximum absolute atomic E-state index is 3.61. The van der Waals surface area contributed by atoms with Gasteiger partial charge < -0.3 is 5.32 Å². The van der Waals surface area contributed by atoms with Gasteiger partial charge in [0, 0.05) is 31.7 Å². The van der Waals surface area contributed by atoms with Crippen LogP contribution in [0.1, 0.15) is 46.5 Å². The van der Waals surface area contributed by atoms with Crippen LogP contribution in [0.4, 0.5) is 0 Å². The Balaban J connectivity index is 2.31. The lowest BCUT2D eigenvalue weighted by molar-refractivity contribution is 0.142. The molecular formula is C12H26N2. The number of hydrogen-bond donors (Lipinski definition) is 1. The summed E-state index contributed by atoms with van der Waals surface area (Å²) in [5.74, 6) is 0. The van der Waals surface area contributed by atoms with E-state index < -0.39 is 0 Å². The highest BCUT2D eigenvalue weighted by Crippen LogP contribution is 2.11. The van der Waals surface area contributed by atoms with Gasteiger partial charge in [0.2, 0.25) is 0 Å².